The third-order valence-electron chi connectivity index (χ3n) is 3.72. The van der Waals surface area contributed by atoms with Crippen LogP contribution in [0.3, 0.4) is 0 Å². The average Bonchev–Trinajstić information content (AvgIpc) is 2.98. The molecule has 0 aliphatic carbocycles. The van der Waals surface area contributed by atoms with Crippen LogP contribution in [0.4, 0.5) is 0 Å². The largest absolute Gasteiger partial charge is 0.480 e. The Morgan fingerprint density at radius 3 is 2.28 bits per heavy atom. The van der Waals surface area contributed by atoms with Gasteiger partial charge in [0, 0.05) is 23.5 Å². The Morgan fingerprint density at radius 1 is 1.04 bits per heavy atom. The summed E-state index contributed by atoms with van der Waals surface area (Å²) in [6.07, 6.45) is 4.32. The van der Waals surface area contributed by atoms with Crippen molar-refractivity contribution >= 4 is 22.8 Å². The maximum Gasteiger partial charge on any atom is 0.320 e. The minimum atomic E-state index is -0.972. The number of carbonyl (C=O) groups is 2. The lowest BCUT2D eigenvalue weighted by atomic mass is 10.1. The fraction of sp³-hybridized carbons (Fsp3) is 0.412. The number of fused-ring (bicyclic) bond motifs is 1. The van der Waals surface area contributed by atoms with Crippen molar-refractivity contribution in [3.63, 3.8) is 0 Å². The van der Waals surface area contributed by atoms with Crippen LogP contribution in [-0.2, 0) is 16.0 Å². The molecule has 2 aromatic rings. The van der Waals surface area contributed by atoms with Gasteiger partial charge in [0.25, 0.3) is 0 Å². The number of hydrogen-bond acceptors (Lipinski definition) is 5. The van der Waals surface area contributed by atoms with Gasteiger partial charge in [-0.1, -0.05) is 24.6 Å². The Morgan fingerprint density at radius 2 is 1.68 bits per heavy atom. The van der Waals surface area contributed by atoms with Crippen LogP contribution in [0.2, 0.25) is 0 Å². The number of carboxylic acid groups (broad SMARTS) is 2. The lowest BCUT2D eigenvalue weighted by molar-refractivity contribution is -0.139. The van der Waals surface area contributed by atoms with E-state index in [1.807, 2.05) is 30.5 Å². The third-order valence-corrected chi connectivity index (χ3v) is 3.72. The van der Waals surface area contributed by atoms with Gasteiger partial charge in [0.2, 0.25) is 0 Å². The van der Waals surface area contributed by atoms with Crippen LogP contribution in [-0.4, -0.2) is 45.8 Å². The summed E-state index contributed by atoms with van der Waals surface area (Å²) in [5.74, 6) is -1.91. The van der Waals surface area contributed by atoms with E-state index in [0.717, 1.165) is 29.3 Å². The van der Waals surface area contributed by atoms with Crippen LogP contribution in [0.25, 0.3) is 10.9 Å². The summed E-state index contributed by atoms with van der Waals surface area (Å²) >= 11 is 0. The summed E-state index contributed by atoms with van der Waals surface area (Å²) in [7, 11) is 0. The van der Waals surface area contributed by atoms with Gasteiger partial charge in [0.1, 0.15) is 12.1 Å². The number of nitrogens with one attached hydrogen (secondary N) is 1. The summed E-state index contributed by atoms with van der Waals surface area (Å²) in [4.78, 5) is 23.8. The number of nitrogens with two attached hydrogens (primary N) is 3. The van der Waals surface area contributed by atoms with Crippen LogP contribution in [0.5, 0.6) is 0 Å². The molecule has 0 saturated carbocycles. The first-order valence-electron chi connectivity index (χ1n) is 8.08. The number of benzene rings is 1. The van der Waals surface area contributed by atoms with E-state index in [-0.39, 0.29) is 0 Å². The first-order chi connectivity index (χ1) is 11.9. The SMILES string of the molecule is NCCCC[C@H](N)C(=O)O.N[C@@H](Cc1c[nH]c2ccccc12)C(=O)O. The summed E-state index contributed by atoms with van der Waals surface area (Å²) in [6.45, 7) is 0.604. The van der Waals surface area contributed by atoms with Crippen molar-refractivity contribution in [1.29, 1.82) is 0 Å². The lowest BCUT2D eigenvalue weighted by Gasteiger charge is -2.04. The summed E-state index contributed by atoms with van der Waals surface area (Å²) in [5.41, 5.74) is 17.9. The maximum absolute atomic E-state index is 10.6. The molecule has 8 heteroatoms. The van der Waals surface area contributed by atoms with Gasteiger partial charge in [-0.2, -0.15) is 0 Å². The van der Waals surface area contributed by atoms with Crippen molar-refractivity contribution in [2.45, 2.75) is 37.8 Å². The van der Waals surface area contributed by atoms with Crippen LogP contribution < -0.4 is 17.2 Å². The molecule has 25 heavy (non-hydrogen) atoms. The van der Waals surface area contributed by atoms with E-state index < -0.39 is 24.0 Å². The molecule has 0 unspecified atom stereocenters. The number of aromatic amines is 1. The molecular weight excluding hydrogens is 324 g/mol. The van der Waals surface area contributed by atoms with E-state index in [1.165, 1.54) is 0 Å². The number of hydrogen-bond donors (Lipinski definition) is 6. The van der Waals surface area contributed by atoms with Crippen molar-refractivity contribution in [2.24, 2.45) is 17.2 Å². The predicted molar refractivity (Wildman–Crippen MR) is 96.1 cm³/mol. The molecule has 1 aromatic carbocycles. The Bertz CT molecular complexity index is 686. The molecule has 0 spiro atoms. The predicted octanol–water partition coefficient (Wildman–Crippen LogP) is 0.650. The lowest BCUT2D eigenvalue weighted by Crippen LogP contribution is -2.32. The molecule has 8 nitrogen and oxygen atoms in total. The minimum absolute atomic E-state index is 0.347. The van der Waals surface area contributed by atoms with Gasteiger partial charge in [0.05, 0.1) is 0 Å². The Hall–Kier alpha value is -2.42. The minimum Gasteiger partial charge on any atom is -0.480 e. The van der Waals surface area contributed by atoms with E-state index >= 15 is 0 Å². The molecule has 0 amide bonds. The van der Waals surface area contributed by atoms with E-state index in [4.69, 9.17) is 27.4 Å². The molecule has 2 rings (SSSR count). The molecule has 0 aliphatic heterocycles. The standard InChI is InChI=1S/C11H12N2O2.C6H14N2O2/c12-9(11(14)15)5-7-6-13-10-4-2-1-3-8(7)10;7-4-2-1-3-5(8)6(9)10/h1-4,6,9,13H,5,12H2,(H,14,15);5H,1-4,7-8H2,(H,9,10)/t9-;5-/m00/s1. The monoisotopic (exact) mass is 350 g/mol. The van der Waals surface area contributed by atoms with Gasteiger partial charge in [0.15, 0.2) is 0 Å². The number of aromatic nitrogens is 1. The van der Waals surface area contributed by atoms with Crippen molar-refractivity contribution < 1.29 is 19.8 Å². The number of H-pyrrole nitrogens is 1. The zero-order chi connectivity index (χ0) is 18.8. The zero-order valence-corrected chi connectivity index (χ0v) is 14.0. The molecule has 2 atom stereocenters. The highest BCUT2D eigenvalue weighted by Gasteiger charge is 2.14. The second kappa shape index (κ2) is 10.4. The van der Waals surface area contributed by atoms with Gasteiger partial charge in [-0.25, -0.2) is 0 Å². The fourth-order valence-electron chi connectivity index (χ4n) is 2.26. The molecule has 1 aromatic heterocycles. The zero-order valence-electron chi connectivity index (χ0n) is 14.0. The van der Waals surface area contributed by atoms with Gasteiger partial charge < -0.3 is 32.4 Å². The van der Waals surface area contributed by atoms with Crippen LogP contribution in [0.1, 0.15) is 24.8 Å². The van der Waals surface area contributed by atoms with Crippen LogP contribution >= 0.6 is 0 Å². The molecule has 0 fully saturated rings. The van der Waals surface area contributed by atoms with Crippen molar-refractivity contribution in [2.75, 3.05) is 6.54 Å². The average molecular weight is 350 g/mol. The highest BCUT2D eigenvalue weighted by atomic mass is 16.4. The fourth-order valence-corrected chi connectivity index (χ4v) is 2.26. The summed E-state index contributed by atoms with van der Waals surface area (Å²) in [5, 5.41) is 18.1. The van der Waals surface area contributed by atoms with E-state index in [2.05, 4.69) is 4.98 Å². The van der Waals surface area contributed by atoms with E-state index in [0.29, 0.717) is 19.4 Å². The Kier molecular flexibility index (Phi) is 8.62. The van der Waals surface area contributed by atoms with Gasteiger partial charge in [-0.05, 0) is 31.0 Å². The van der Waals surface area contributed by atoms with E-state index in [9.17, 15) is 9.59 Å². The third kappa shape index (κ3) is 6.92. The normalized spacial score (nSPS) is 12.9. The van der Waals surface area contributed by atoms with E-state index in [1.54, 1.807) is 0 Å². The number of para-hydroxylation sites is 1. The van der Waals surface area contributed by atoms with Crippen molar-refractivity contribution in [3.8, 4) is 0 Å². The Labute approximate surface area is 146 Å². The highest BCUT2D eigenvalue weighted by Crippen LogP contribution is 2.18. The molecule has 138 valence electrons. The summed E-state index contributed by atoms with van der Waals surface area (Å²) in [6, 6.07) is 6.20. The number of carboxylic acids is 2. The quantitative estimate of drug-likeness (QED) is 0.380. The van der Waals surface area contributed by atoms with Crippen molar-refractivity contribution in [1.82, 2.24) is 4.98 Å². The van der Waals surface area contributed by atoms with Gasteiger partial charge in [-0.15, -0.1) is 0 Å². The number of aliphatic carboxylic acids is 2. The van der Waals surface area contributed by atoms with Gasteiger partial charge >= 0.3 is 11.9 Å². The molecular formula is C17H26N4O4. The Balaban J connectivity index is 0.000000275. The smallest absolute Gasteiger partial charge is 0.320 e. The molecule has 9 N–H and O–H groups in total. The van der Waals surface area contributed by atoms with Crippen molar-refractivity contribution in [3.05, 3.63) is 36.0 Å². The molecule has 0 bridgehead atoms. The molecule has 0 aliphatic rings. The van der Waals surface area contributed by atoms with Crippen LogP contribution in [0.15, 0.2) is 30.5 Å². The summed E-state index contributed by atoms with van der Waals surface area (Å²) < 4.78 is 0. The molecule has 0 radical (unpaired) electrons. The second-order valence-electron chi connectivity index (χ2n) is 5.74. The topological polar surface area (TPSA) is 168 Å². The maximum atomic E-state index is 10.6. The van der Waals surface area contributed by atoms with Gasteiger partial charge in [-0.3, -0.25) is 9.59 Å². The first kappa shape index (κ1) is 20.6. The highest BCUT2D eigenvalue weighted by molar-refractivity contribution is 5.84. The molecule has 1 heterocycles. The van der Waals surface area contributed by atoms with Crippen LogP contribution in [0, 0.1) is 0 Å². The molecule has 0 saturated heterocycles. The first-order valence-corrected chi connectivity index (χ1v) is 8.08. The number of rotatable bonds is 8. The second-order valence-corrected chi connectivity index (χ2v) is 5.74. The number of unbranched alkanes of at least 4 members (excludes halogenated alkanes) is 1.